The van der Waals surface area contributed by atoms with Crippen molar-refractivity contribution in [2.75, 3.05) is 13.1 Å². The number of hydrogen-bond acceptors (Lipinski definition) is 1. The summed E-state index contributed by atoms with van der Waals surface area (Å²) in [5, 5.41) is 3.65. The zero-order valence-corrected chi connectivity index (χ0v) is 12.5. The molecule has 1 aliphatic carbocycles. The molecule has 1 saturated carbocycles. The van der Waals surface area contributed by atoms with Gasteiger partial charge in [-0.15, -0.1) is 0 Å². The van der Waals surface area contributed by atoms with Crippen LogP contribution in [0.3, 0.4) is 0 Å². The average Bonchev–Trinajstić information content (AvgIpc) is 2.31. The second kappa shape index (κ2) is 8.13. The Kier molecular flexibility index (Phi) is 7.18. The van der Waals surface area contributed by atoms with E-state index in [-0.39, 0.29) is 0 Å². The monoisotopic (exact) mass is 239 g/mol. The summed E-state index contributed by atoms with van der Waals surface area (Å²) >= 11 is 0. The Morgan fingerprint density at radius 2 is 1.94 bits per heavy atom. The van der Waals surface area contributed by atoms with Gasteiger partial charge in [0.25, 0.3) is 0 Å². The summed E-state index contributed by atoms with van der Waals surface area (Å²) in [5.74, 6) is 3.81. The summed E-state index contributed by atoms with van der Waals surface area (Å²) in [6, 6.07) is 0. The zero-order valence-electron chi connectivity index (χ0n) is 12.5. The zero-order chi connectivity index (χ0) is 12.7. The molecule has 0 spiro atoms. The van der Waals surface area contributed by atoms with Gasteiger partial charge in [0.1, 0.15) is 0 Å². The van der Waals surface area contributed by atoms with Crippen molar-refractivity contribution in [1.82, 2.24) is 5.32 Å². The van der Waals surface area contributed by atoms with Gasteiger partial charge in [0.05, 0.1) is 0 Å². The Morgan fingerprint density at radius 1 is 1.18 bits per heavy atom. The van der Waals surface area contributed by atoms with Crippen molar-refractivity contribution < 1.29 is 0 Å². The van der Waals surface area contributed by atoms with Crippen LogP contribution in [-0.2, 0) is 0 Å². The third-order valence-electron chi connectivity index (χ3n) is 4.62. The minimum Gasteiger partial charge on any atom is -0.316 e. The summed E-state index contributed by atoms with van der Waals surface area (Å²) in [6.45, 7) is 12.0. The molecule has 0 amide bonds. The van der Waals surface area contributed by atoms with E-state index in [0.29, 0.717) is 0 Å². The first-order valence-electron chi connectivity index (χ1n) is 7.89. The molecule has 1 rings (SSSR count). The molecule has 1 N–H and O–H groups in total. The largest absolute Gasteiger partial charge is 0.316 e. The van der Waals surface area contributed by atoms with Gasteiger partial charge in [-0.05, 0) is 56.0 Å². The molecule has 0 heterocycles. The van der Waals surface area contributed by atoms with Crippen LogP contribution in [0.5, 0.6) is 0 Å². The molecular weight excluding hydrogens is 206 g/mol. The van der Waals surface area contributed by atoms with E-state index >= 15 is 0 Å². The lowest BCUT2D eigenvalue weighted by molar-refractivity contribution is 0.127. The molecule has 0 saturated heterocycles. The predicted molar refractivity (Wildman–Crippen MR) is 77.2 cm³/mol. The highest BCUT2D eigenvalue weighted by Crippen LogP contribution is 2.39. The molecule has 4 atom stereocenters. The fourth-order valence-corrected chi connectivity index (χ4v) is 3.57. The smallest absolute Gasteiger partial charge is 0.00178 e. The Balaban J connectivity index is 2.45. The Labute approximate surface area is 109 Å². The first-order chi connectivity index (χ1) is 8.19. The molecule has 0 radical (unpaired) electrons. The van der Waals surface area contributed by atoms with E-state index in [9.17, 15) is 0 Å². The van der Waals surface area contributed by atoms with Crippen molar-refractivity contribution in [1.29, 1.82) is 0 Å². The van der Waals surface area contributed by atoms with Crippen LogP contribution in [0.15, 0.2) is 0 Å². The standard InChI is InChI=1S/C16H33N/c1-5-7-14(4)16-11-13(3)8-9-15(16)12-17-10-6-2/h13-17H,5-12H2,1-4H3. The van der Waals surface area contributed by atoms with Crippen molar-refractivity contribution in [3.05, 3.63) is 0 Å². The van der Waals surface area contributed by atoms with Crippen molar-refractivity contribution in [2.24, 2.45) is 23.7 Å². The lowest BCUT2D eigenvalue weighted by Crippen LogP contribution is -2.36. The van der Waals surface area contributed by atoms with Crippen LogP contribution in [-0.4, -0.2) is 13.1 Å². The highest BCUT2D eigenvalue weighted by molar-refractivity contribution is 4.83. The number of nitrogens with one attached hydrogen (secondary N) is 1. The van der Waals surface area contributed by atoms with Gasteiger partial charge in [-0.1, -0.05) is 47.0 Å². The molecule has 4 unspecified atom stereocenters. The second-order valence-corrected chi connectivity index (χ2v) is 6.31. The maximum absolute atomic E-state index is 3.65. The molecule has 17 heavy (non-hydrogen) atoms. The molecule has 1 fully saturated rings. The minimum absolute atomic E-state index is 0.927. The van der Waals surface area contributed by atoms with Crippen LogP contribution in [0.4, 0.5) is 0 Å². The molecule has 1 nitrogen and oxygen atoms in total. The van der Waals surface area contributed by atoms with Gasteiger partial charge < -0.3 is 5.32 Å². The van der Waals surface area contributed by atoms with Crippen LogP contribution in [0.2, 0.25) is 0 Å². The highest BCUT2D eigenvalue weighted by atomic mass is 14.9. The highest BCUT2D eigenvalue weighted by Gasteiger charge is 2.31. The molecule has 102 valence electrons. The molecule has 1 heteroatoms. The molecule has 0 aromatic carbocycles. The van der Waals surface area contributed by atoms with Gasteiger partial charge in [-0.3, -0.25) is 0 Å². The van der Waals surface area contributed by atoms with Gasteiger partial charge in [-0.25, -0.2) is 0 Å². The quantitative estimate of drug-likeness (QED) is 0.646. The lowest BCUT2D eigenvalue weighted by Gasteiger charge is -2.39. The average molecular weight is 239 g/mol. The van der Waals surface area contributed by atoms with Crippen LogP contribution < -0.4 is 5.32 Å². The van der Waals surface area contributed by atoms with Crippen molar-refractivity contribution >= 4 is 0 Å². The van der Waals surface area contributed by atoms with E-state index in [2.05, 4.69) is 33.0 Å². The first-order valence-corrected chi connectivity index (χ1v) is 7.89. The topological polar surface area (TPSA) is 12.0 Å². The molecule has 0 aromatic heterocycles. The maximum atomic E-state index is 3.65. The van der Waals surface area contributed by atoms with Crippen LogP contribution in [0.1, 0.15) is 66.2 Å². The van der Waals surface area contributed by atoms with Crippen molar-refractivity contribution in [3.8, 4) is 0 Å². The van der Waals surface area contributed by atoms with Crippen LogP contribution >= 0.6 is 0 Å². The van der Waals surface area contributed by atoms with E-state index in [4.69, 9.17) is 0 Å². The molecule has 0 bridgehead atoms. The summed E-state index contributed by atoms with van der Waals surface area (Å²) in [7, 11) is 0. The Morgan fingerprint density at radius 3 is 2.59 bits per heavy atom. The number of rotatable bonds is 7. The summed E-state index contributed by atoms with van der Waals surface area (Å²) in [5.41, 5.74) is 0. The van der Waals surface area contributed by atoms with Gasteiger partial charge in [0.15, 0.2) is 0 Å². The maximum Gasteiger partial charge on any atom is -0.00178 e. The van der Waals surface area contributed by atoms with Gasteiger partial charge in [0.2, 0.25) is 0 Å². The molecule has 0 aliphatic heterocycles. The number of hydrogen-bond donors (Lipinski definition) is 1. The van der Waals surface area contributed by atoms with Gasteiger partial charge in [0, 0.05) is 0 Å². The fourth-order valence-electron chi connectivity index (χ4n) is 3.57. The van der Waals surface area contributed by atoms with Crippen molar-refractivity contribution in [2.45, 2.75) is 66.2 Å². The lowest BCUT2D eigenvalue weighted by atomic mass is 9.68. The third kappa shape index (κ3) is 4.99. The van der Waals surface area contributed by atoms with Gasteiger partial charge in [-0.2, -0.15) is 0 Å². The van der Waals surface area contributed by atoms with E-state index in [1.54, 1.807) is 0 Å². The molecule has 1 aliphatic rings. The second-order valence-electron chi connectivity index (χ2n) is 6.31. The minimum atomic E-state index is 0.927. The first kappa shape index (κ1) is 15.0. The normalized spacial score (nSPS) is 31.4. The Bertz CT molecular complexity index is 190. The third-order valence-corrected chi connectivity index (χ3v) is 4.62. The van der Waals surface area contributed by atoms with Crippen molar-refractivity contribution in [3.63, 3.8) is 0 Å². The van der Waals surface area contributed by atoms with Crippen LogP contribution in [0, 0.1) is 23.7 Å². The fraction of sp³-hybridized carbons (Fsp3) is 1.00. The van der Waals surface area contributed by atoms with Gasteiger partial charge >= 0.3 is 0 Å². The van der Waals surface area contributed by atoms with E-state index in [0.717, 1.165) is 23.7 Å². The van der Waals surface area contributed by atoms with E-state index < -0.39 is 0 Å². The summed E-state index contributed by atoms with van der Waals surface area (Å²) < 4.78 is 0. The molecule has 0 aromatic rings. The van der Waals surface area contributed by atoms with Crippen LogP contribution in [0.25, 0.3) is 0 Å². The SMILES string of the molecule is CCCNCC1CCC(C)CC1C(C)CCC. The van der Waals surface area contributed by atoms with E-state index in [1.807, 2.05) is 0 Å². The molecular formula is C16H33N. The predicted octanol–water partition coefficient (Wildman–Crippen LogP) is 4.47. The summed E-state index contributed by atoms with van der Waals surface area (Å²) in [4.78, 5) is 0. The van der Waals surface area contributed by atoms with E-state index in [1.165, 1.54) is 51.6 Å². The Hall–Kier alpha value is -0.0400. The summed E-state index contributed by atoms with van der Waals surface area (Å²) in [6.07, 6.45) is 8.41.